The maximum absolute atomic E-state index is 12.8. The zero-order valence-electron chi connectivity index (χ0n) is 20.5. The fourth-order valence-electron chi connectivity index (χ4n) is 4.16. The van der Waals surface area contributed by atoms with Crippen molar-refractivity contribution >= 4 is 39.8 Å². The molecule has 1 aromatic carbocycles. The minimum absolute atomic E-state index is 0.0832. The number of hydrogen-bond donors (Lipinski definition) is 4. The highest BCUT2D eigenvalue weighted by Crippen LogP contribution is 2.37. The molecule has 0 aliphatic carbocycles. The first-order valence-electron chi connectivity index (χ1n) is 11.3. The van der Waals surface area contributed by atoms with Crippen LogP contribution in [0, 0.1) is 13.8 Å². The number of rotatable bonds is 8. The highest BCUT2D eigenvalue weighted by molar-refractivity contribution is 6.00. The van der Waals surface area contributed by atoms with E-state index in [2.05, 4.69) is 31.4 Å². The molecule has 0 aliphatic heterocycles. The summed E-state index contributed by atoms with van der Waals surface area (Å²) in [4.78, 5) is 47.8. The molecule has 35 heavy (non-hydrogen) atoms. The largest absolute Gasteiger partial charge is 0.480 e. The van der Waals surface area contributed by atoms with Crippen LogP contribution in [0.25, 0.3) is 21.9 Å². The van der Waals surface area contributed by atoms with Crippen LogP contribution in [-0.4, -0.2) is 35.6 Å². The lowest BCUT2D eigenvalue weighted by atomic mass is 9.86. The topological polar surface area (TPSA) is 165 Å². The van der Waals surface area contributed by atoms with Crippen molar-refractivity contribution in [1.82, 2.24) is 10.6 Å². The van der Waals surface area contributed by atoms with Crippen LogP contribution >= 0.6 is 0 Å². The fraction of sp³-hybridized carbons (Fsp3) is 0.440. The Hall–Kier alpha value is -3.82. The first-order chi connectivity index (χ1) is 16.3. The molecule has 2 aromatic heterocycles. The van der Waals surface area contributed by atoms with Crippen molar-refractivity contribution in [2.24, 2.45) is 5.73 Å². The number of urea groups is 1. The Labute approximate surface area is 201 Å². The van der Waals surface area contributed by atoms with Crippen LogP contribution in [-0.2, 0) is 21.4 Å². The molecule has 3 aromatic rings. The Morgan fingerprint density at radius 3 is 2.40 bits per heavy atom. The summed E-state index contributed by atoms with van der Waals surface area (Å²) in [6.07, 6.45) is 1.76. The second-order valence-corrected chi connectivity index (χ2v) is 9.72. The standard InChI is InChI=1S/C25H31N3O7/c1-12-14-9-16-17(25(3,4)5)11-34-20(16)13(2)21(14)35-23(32)15(12)10-19(29)28-18(22(30)31)7-6-8-27-24(26)33/h9,11,18H,6-8,10H2,1-5H3,(H,28,29)(H,30,31)(H3,26,27,33)/t18-/m1/s1. The SMILES string of the molecule is Cc1c(CC(=O)N[C@H](CCCNC(N)=O)C(=O)O)c(=O)oc2c(C)c3occ(C(C)(C)C)c3cc12. The van der Waals surface area contributed by atoms with Crippen LogP contribution in [0.1, 0.15) is 55.9 Å². The van der Waals surface area contributed by atoms with Gasteiger partial charge in [-0.1, -0.05) is 20.8 Å². The van der Waals surface area contributed by atoms with Crippen molar-refractivity contribution in [3.63, 3.8) is 0 Å². The van der Waals surface area contributed by atoms with Gasteiger partial charge < -0.3 is 30.3 Å². The number of carbonyl (C=O) groups excluding carboxylic acids is 2. The Bertz CT molecular complexity index is 1360. The van der Waals surface area contributed by atoms with Gasteiger partial charge in [0.2, 0.25) is 5.91 Å². The maximum atomic E-state index is 12.8. The van der Waals surface area contributed by atoms with Crippen molar-refractivity contribution in [3.8, 4) is 0 Å². The first kappa shape index (κ1) is 25.8. The van der Waals surface area contributed by atoms with E-state index in [1.807, 2.05) is 13.0 Å². The Morgan fingerprint density at radius 2 is 1.80 bits per heavy atom. The Kier molecular flexibility index (Phi) is 7.23. The molecule has 0 radical (unpaired) electrons. The highest BCUT2D eigenvalue weighted by atomic mass is 16.4. The molecule has 2 heterocycles. The lowest BCUT2D eigenvalue weighted by Crippen LogP contribution is -2.42. The van der Waals surface area contributed by atoms with Gasteiger partial charge in [-0.3, -0.25) is 4.79 Å². The van der Waals surface area contributed by atoms with Crippen molar-refractivity contribution in [1.29, 1.82) is 0 Å². The minimum atomic E-state index is -1.22. The number of nitrogens with two attached hydrogens (primary N) is 1. The normalized spacial score (nSPS) is 12.6. The quantitative estimate of drug-likeness (QED) is 0.281. The molecule has 10 heteroatoms. The van der Waals surface area contributed by atoms with Gasteiger partial charge in [-0.15, -0.1) is 0 Å². The van der Waals surface area contributed by atoms with E-state index in [1.54, 1.807) is 13.2 Å². The third-order valence-electron chi connectivity index (χ3n) is 6.09. The number of primary amides is 1. The van der Waals surface area contributed by atoms with Crippen molar-refractivity contribution in [3.05, 3.63) is 45.0 Å². The number of aryl methyl sites for hydroxylation is 2. The van der Waals surface area contributed by atoms with E-state index in [9.17, 15) is 24.3 Å². The zero-order valence-corrected chi connectivity index (χ0v) is 20.5. The highest BCUT2D eigenvalue weighted by Gasteiger charge is 2.25. The third-order valence-corrected chi connectivity index (χ3v) is 6.09. The molecule has 0 bridgehead atoms. The average Bonchev–Trinajstić information content (AvgIpc) is 3.19. The number of benzene rings is 1. The van der Waals surface area contributed by atoms with Gasteiger partial charge in [0, 0.05) is 28.4 Å². The molecule has 0 saturated carbocycles. The number of aliphatic carboxylic acids is 1. The number of fused-ring (bicyclic) bond motifs is 2. The molecule has 0 fully saturated rings. The second-order valence-electron chi connectivity index (χ2n) is 9.72. The molecule has 1 atom stereocenters. The number of carboxylic acid groups (broad SMARTS) is 1. The van der Waals surface area contributed by atoms with Crippen LogP contribution in [0.2, 0.25) is 0 Å². The minimum Gasteiger partial charge on any atom is -0.480 e. The Balaban J connectivity index is 1.91. The van der Waals surface area contributed by atoms with Crippen LogP contribution in [0.3, 0.4) is 0 Å². The smallest absolute Gasteiger partial charge is 0.340 e. The predicted octanol–water partition coefficient (Wildman–Crippen LogP) is 3.01. The molecule has 0 aliphatic rings. The van der Waals surface area contributed by atoms with E-state index < -0.39 is 29.6 Å². The summed E-state index contributed by atoms with van der Waals surface area (Å²) in [5.74, 6) is -1.83. The van der Waals surface area contributed by atoms with Crippen LogP contribution in [0.15, 0.2) is 26.0 Å². The molecule has 188 valence electrons. The molecule has 0 saturated heterocycles. The van der Waals surface area contributed by atoms with Crippen LogP contribution < -0.4 is 22.0 Å². The molecule has 0 unspecified atom stereocenters. The van der Waals surface area contributed by atoms with E-state index >= 15 is 0 Å². The molecule has 3 amide bonds. The van der Waals surface area contributed by atoms with Crippen LogP contribution in [0.5, 0.6) is 0 Å². The number of furan rings is 1. The van der Waals surface area contributed by atoms with Crippen molar-refractivity contribution in [2.75, 3.05) is 6.54 Å². The first-order valence-corrected chi connectivity index (χ1v) is 11.3. The molecular formula is C25H31N3O7. The Morgan fingerprint density at radius 1 is 1.11 bits per heavy atom. The van der Waals surface area contributed by atoms with Gasteiger partial charge in [-0.25, -0.2) is 14.4 Å². The molecular weight excluding hydrogens is 454 g/mol. The van der Waals surface area contributed by atoms with Gasteiger partial charge in [-0.2, -0.15) is 0 Å². The molecule has 10 nitrogen and oxygen atoms in total. The van der Waals surface area contributed by atoms with E-state index in [-0.39, 0.29) is 30.4 Å². The van der Waals surface area contributed by atoms with Crippen LogP contribution in [0.4, 0.5) is 4.79 Å². The van der Waals surface area contributed by atoms with Crippen molar-refractivity contribution < 1.29 is 28.3 Å². The third kappa shape index (κ3) is 5.47. The summed E-state index contributed by atoms with van der Waals surface area (Å²) >= 11 is 0. The summed E-state index contributed by atoms with van der Waals surface area (Å²) in [7, 11) is 0. The number of carboxylic acids is 1. The number of amides is 3. The van der Waals surface area contributed by atoms with Gasteiger partial charge in [0.05, 0.1) is 18.2 Å². The van der Waals surface area contributed by atoms with Gasteiger partial charge >= 0.3 is 17.6 Å². The summed E-state index contributed by atoms with van der Waals surface area (Å²) in [6.45, 7) is 9.98. The second kappa shape index (κ2) is 9.81. The number of nitrogens with one attached hydrogen (secondary N) is 2. The molecule has 0 spiro atoms. The number of carbonyl (C=O) groups is 3. The lowest BCUT2D eigenvalue weighted by molar-refractivity contribution is -0.141. The van der Waals surface area contributed by atoms with E-state index in [1.165, 1.54) is 0 Å². The average molecular weight is 486 g/mol. The summed E-state index contributed by atoms with van der Waals surface area (Å²) in [5, 5.41) is 15.8. The van der Waals surface area contributed by atoms with E-state index in [0.717, 1.165) is 10.9 Å². The molecule has 5 N–H and O–H groups in total. The van der Waals surface area contributed by atoms with E-state index in [4.69, 9.17) is 14.6 Å². The van der Waals surface area contributed by atoms with Gasteiger partial charge in [0.15, 0.2) is 0 Å². The van der Waals surface area contributed by atoms with Gasteiger partial charge in [0.1, 0.15) is 17.2 Å². The van der Waals surface area contributed by atoms with E-state index in [0.29, 0.717) is 34.1 Å². The zero-order chi connectivity index (χ0) is 26.1. The lowest BCUT2D eigenvalue weighted by Gasteiger charge is -2.17. The predicted molar refractivity (Wildman–Crippen MR) is 131 cm³/mol. The number of hydrogen-bond acceptors (Lipinski definition) is 6. The van der Waals surface area contributed by atoms with Gasteiger partial charge in [-0.05, 0) is 43.7 Å². The van der Waals surface area contributed by atoms with Crippen molar-refractivity contribution in [2.45, 2.75) is 65.3 Å². The van der Waals surface area contributed by atoms with Gasteiger partial charge in [0.25, 0.3) is 0 Å². The maximum Gasteiger partial charge on any atom is 0.340 e. The summed E-state index contributed by atoms with van der Waals surface area (Å²) < 4.78 is 11.4. The molecule has 3 rings (SSSR count). The summed E-state index contributed by atoms with van der Waals surface area (Å²) in [6, 6.07) is 0.0248. The summed E-state index contributed by atoms with van der Waals surface area (Å²) in [5.41, 5.74) is 7.65. The monoisotopic (exact) mass is 485 g/mol. The fourth-order valence-corrected chi connectivity index (χ4v) is 4.16.